The van der Waals surface area contributed by atoms with Gasteiger partial charge < -0.3 is 15.0 Å². The highest BCUT2D eigenvalue weighted by molar-refractivity contribution is 5.58. The fraction of sp³-hybridized carbons (Fsp3) is 0.538. The second-order valence-electron chi connectivity index (χ2n) is 4.20. The Morgan fingerprint density at radius 3 is 2.74 bits per heavy atom. The third-order valence-corrected chi connectivity index (χ3v) is 2.82. The highest BCUT2D eigenvalue weighted by Crippen LogP contribution is 2.29. The maximum Gasteiger partial charge on any atom is 0.311 e. The molecule has 0 aromatic heterocycles. The smallest absolute Gasteiger partial charge is 0.311 e. The van der Waals surface area contributed by atoms with Crippen LogP contribution in [0.5, 0.6) is 5.75 Å². The van der Waals surface area contributed by atoms with Crippen LogP contribution in [-0.2, 0) is 0 Å². The van der Waals surface area contributed by atoms with Gasteiger partial charge in [-0.2, -0.15) is 0 Å². The lowest BCUT2D eigenvalue weighted by Gasteiger charge is -2.15. The minimum atomic E-state index is -0.431. The van der Waals surface area contributed by atoms with Crippen LogP contribution in [-0.4, -0.2) is 43.1 Å². The monoisotopic (exact) mass is 267 g/mol. The summed E-state index contributed by atoms with van der Waals surface area (Å²) in [6.45, 7) is 7.00. The summed E-state index contributed by atoms with van der Waals surface area (Å²) in [4.78, 5) is 12.6. The maximum absolute atomic E-state index is 10.8. The molecule has 1 aromatic carbocycles. The molecule has 0 aliphatic carbocycles. The van der Waals surface area contributed by atoms with Crippen LogP contribution in [0.25, 0.3) is 0 Å². The van der Waals surface area contributed by atoms with Gasteiger partial charge in [-0.05, 0) is 26.6 Å². The molecule has 0 atom stereocenters. The second kappa shape index (κ2) is 7.58. The van der Waals surface area contributed by atoms with Crippen LogP contribution in [0.3, 0.4) is 0 Å². The number of anilines is 1. The third kappa shape index (κ3) is 4.75. The Kier molecular flexibility index (Phi) is 6.08. The zero-order valence-electron chi connectivity index (χ0n) is 11.7. The fourth-order valence-corrected chi connectivity index (χ4v) is 1.60. The van der Waals surface area contributed by atoms with Gasteiger partial charge in [-0.15, -0.1) is 0 Å². The Balaban J connectivity index is 2.69. The number of ether oxygens (including phenoxy) is 1. The lowest BCUT2D eigenvalue weighted by atomic mass is 10.2. The molecule has 0 aliphatic rings. The minimum Gasteiger partial charge on any atom is -0.487 e. The predicted molar refractivity (Wildman–Crippen MR) is 75.9 cm³/mol. The first-order valence-corrected chi connectivity index (χ1v) is 6.42. The number of nitro groups is 1. The highest BCUT2D eigenvalue weighted by atomic mass is 16.6. The van der Waals surface area contributed by atoms with Crippen molar-refractivity contribution < 1.29 is 9.66 Å². The molecule has 0 radical (unpaired) electrons. The van der Waals surface area contributed by atoms with Crippen LogP contribution in [0, 0.1) is 10.1 Å². The first-order valence-electron chi connectivity index (χ1n) is 6.42. The first-order chi connectivity index (χ1) is 9.08. The molecule has 0 spiro atoms. The van der Waals surface area contributed by atoms with Crippen molar-refractivity contribution in [1.29, 1.82) is 0 Å². The number of likely N-dealkylation sites (N-methyl/N-ethyl adjacent to an activating group) is 1. The molecule has 0 heterocycles. The van der Waals surface area contributed by atoms with Crippen molar-refractivity contribution in [3.05, 3.63) is 28.3 Å². The molecule has 0 unspecified atom stereocenters. The molecule has 0 fully saturated rings. The summed E-state index contributed by atoms with van der Waals surface area (Å²) < 4.78 is 5.30. The van der Waals surface area contributed by atoms with Gasteiger partial charge in [-0.25, -0.2) is 0 Å². The van der Waals surface area contributed by atoms with E-state index in [0.717, 1.165) is 25.3 Å². The van der Waals surface area contributed by atoms with E-state index in [-0.39, 0.29) is 5.69 Å². The molecule has 0 bridgehead atoms. The number of nitro benzene ring substituents is 1. The van der Waals surface area contributed by atoms with Crippen molar-refractivity contribution in [3.8, 4) is 5.75 Å². The Labute approximate surface area is 113 Å². The SMILES string of the molecule is CCOc1cc(NCCN(C)CC)ccc1[N+](=O)[O-]. The molecule has 0 amide bonds. The minimum absolute atomic E-state index is 0.00178. The van der Waals surface area contributed by atoms with Crippen molar-refractivity contribution in [2.24, 2.45) is 0 Å². The lowest BCUT2D eigenvalue weighted by molar-refractivity contribution is -0.385. The van der Waals surface area contributed by atoms with E-state index in [1.165, 1.54) is 6.07 Å². The van der Waals surface area contributed by atoms with Gasteiger partial charge in [0.1, 0.15) is 0 Å². The molecule has 0 aliphatic heterocycles. The number of rotatable bonds is 8. The van der Waals surface area contributed by atoms with E-state index in [2.05, 4.69) is 17.1 Å². The Bertz CT molecular complexity index is 424. The average molecular weight is 267 g/mol. The van der Waals surface area contributed by atoms with Gasteiger partial charge >= 0.3 is 5.69 Å². The molecule has 6 nitrogen and oxygen atoms in total. The maximum atomic E-state index is 10.8. The van der Waals surface area contributed by atoms with Gasteiger partial charge in [0, 0.05) is 30.9 Å². The lowest BCUT2D eigenvalue weighted by Crippen LogP contribution is -2.24. The van der Waals surface area contributed by atoms with Crippen LogP contribution < -0.4 is 10.1 Å². The molecule has 1 rings (SSSR count). The molecule has 0 saturated heterocycles. The molecular weight excluding hydrogens is 246 g/mol. The summed E-state index contributed by atoms with van der Waals surface area (Å²) in [5.41, 5.74) is 0.830. The Morgan fingerprint density at radius 2 is 2.16 bits per heavy atom. The van der Waals surface area contributed by atoms with E-state index >= 15 is 0 Å². The summed E-state index contributed by atoms with van der Waals surface area (Å²) in [7, 11) is 2.04. The van der Waals surface area contributed by atoms with Crippen molar-refractivity contribution >= 4 is 11.4 Å². The van der Waals surface area contributed by atoms with Gasteiger partial charge in [0.15, 0.2) is 5.75 Å². The normalized spacial score (nSPS) is 10.5. The molecule has 0 saturated carbocycles. The standard InChI is InChI=1S/C13H21N3O3/c1-4-15(3)9-8-14-11-6-7-12(16(17)18)13(10-11)19-5-2/h6-7,10,14H,4-5,8-9H2,1-3H3. The molecule has 6 heteroatoms. The van der Waals surface area contributed by atoms with Crippen LogP contribution >= 0.6 is 0 Å². The van der Waals surface area contributed by atoms with E-state index in [1.807, 2.05) is 7.05 Å². The fourth-order valence-electron chi connectivity index (χ4n) is 1.60. The van der Waals surface area contributed by atoms with Crippen molar-refractivity contribution in [3.63, 3.8) is 0 Å². The van der Waals surface area contributed by atoms with E-state index < -0.39 is 4.92 Å². The van der Waals surface area contributed by atoms with Crippen LogP contribution in [0.2, 0.25) is 0 Å². The summed E-state index contributed by atoms with van der Waals surface area (Å²) in [5.74, 6) is 0.307. The van der Waals surface area contributed by atoms with E-state index in [0.29, 0.717) is 12.4 Å². The predicted octanol–water partition coefficient (Wildman–Crippen LogP) is 2.36. The summed E-state index contributed by atoms with van der Waals surface area (Å²) in [5, 5.41) is 14.1. The van der Waals surface area contributed by atoms with Gasteiger partial charge in [-0.1, -0.05) is 6.92 Å². The molecule has 1 aromatic rings. The number of benzene rings is 1. The molecular formula is C13H21N3O3. The number of hydrogen-bond acceptors (Lipinski definition) is 5. The second-order valence-corrected chi connectivity index (χ2v) is 4.20. The number of hydrogen-bond donors (Lipinski definition) is 1. The van der Waals surface area contributed by atoms with Crippen molar-refractivity contribution in [1.82, 2.24) is 4.90 Å². The van der Waals surface area contributed by atoms with Gasteiger partial charge in [0.05, 0.1) is 11.5 Å². The number of nitrogens with one attached hydrogen (secondary N) is 1. The van der Waals surface area contributed by atoms with Gasteiger partial charge in [-0.3, -0.25) is 10.1 Å². The largest absolute Gasteiger partial charge is 0.487 e. The molecule has 1 N–H and O–H groups in total. The van der Waals surface area contributed by atoms with Crippen LogP contribution in [0.4, 0.5) is 11.4 Å². The first kappa shape index (κ1) is 15.2. The van der Waals surface area contributed by atoms with Crippen LogP contribution in [0.15, 0.2) is 18.2 Å². The summed E-state index contributed by atoms with van der Waals surface area (Å²) in [6.07, 6.45) is 0. The topological polar surface area (TPSA) is 67.6 Å². The van der Waals surface area contributed by atoms with E-state index in [9.17, 15) is 10.1 Å². The van der Waals surface area contributed by atoms with Crippen LogP contribution in [0.1, 0.15) is 13.8 Å². The quantitative estimate of drug-likeness (QED) is 0.578. The van der Waals surface area contributed by atoms with E-state index in [1.54, 1.807) is 19.1 Å². The molecule has 19 heavy (non-hydrogen) atoms. The van der Waals surface area contributed by atoms with Crippen molar-refractivity contribution in [2.75, 3.05) is 38.6 Å². The Morgan fingerprint density at radius 1 is 1.42 bits per heavy atom. The van der Waals surface area contributed by atoms with Gasteiger partial charge in [0.2, 0.25) is 0 Å². The zero-order chi connectivity index (χ0) is 14.3. The third-order valence-electron chi connectivity index (χ3n) is 2.82. The Hall–Kier alpha value is -1.82. The van der Waals surface area contributed by atoms with E-state index in [4.69, 9.17) is 4.74 Å². The number of nitrogens with zero attached hydrogens (tertiary/aromatic N) is 2. The van der Waals surface area contributed by atoms with Gasteiger partial charge in [0.25, 0.3) is 0 Å². The molecule has 106 valence electrons. The van der Waals surface area contributed by atoms with Crippen molar-refractivity contribution in [2.45, 2.75) is 13.8 Å². The zero-order valence-corrected chi connectivity index (χ0v) is 11.7. The highest BCUT2D eigenvalue weighted by Gasteiger charge is 2.15. The summed E-state index contributed by atoms with van der Waals surface area (Å²) >= 11 is 0. The average Bonchev–Trinajstić information content (AvgIpc) is 2.38. The summed E-state index contributed by atoms with van der Waals surface area (Å²) in [6, 6.07) is 4.84.